The smallest absolute Gasteiger partial charge is 0.0946 e. The zero-order valence-electron chi connectivity index (χ0n) is 12.9. The molecule has 0 fully saturated rings. The molecule has 22 heavy (non-hydrogen) atoms. The van der Waals surface area contributed by atoms with Gasteiger partial charge in [0.25, 0.3) is 0 Å². The summed E-state index contributed by atoms with van der Waals surface area (Å²) < 4.78 is 31.7. The Bertz CT molecular complexity index is 581. The minimum Gasteiger partial charge on any atom is -0.748 e. The van der Waals surface area contributed by atoms with Gasteiger partial charge in [-0.15, -0.1) is 0 Å². The third-order valence-corrected chi connectivity index (χ3v) is 4.85. The fourth-order valence-electron chi connectivity index (χ4n) is 2.81. The molecule has 2 rings (SSSR count). The standard InChI is InChI=1S/C17H25NO3S/c19-22(20,21)15-5-12-18-13-10-17(11-14-18)9-4-8-16-6-2-1-3-7-16/h1-3,6-7,10H,4-5,8-9,11-15H2,(H,19,20,21)/p-1. The molecule has 0 radical (unpaired) electrons. The molecule has 0 amide bonds. The van der Waals surface area contributed by atoms with Gasteiger partial charge in [0.05, 0.1) is 10.1 Å². The van der Waals surface area contributed by atoms with Crippen LogP contribution in [-0.2, 0) is 16.5 Å². The number of rotatable bonds is 8. The fraction of sp³-hybridized carbons (Fsp3) is 0.529. The molecule has 1 aliphatic heterocycles. The third-order valence-electron chi connectivity index (χ3n) is 4.06. The lowest BCUT2D eigenvalue weighted by Gasteiger charge is -2.26. The Kier molecular flexibility index (Phi) is 6.61. The van der Waals surface area contributed by atoms with Gasteiger partial charge in [0.15, 0.2) is 0 Å². The van der Waals surface area contributed by atoms with E-state index in [0.29, 0.717) is 13.0 Å². The first-order valence-corrected chi connectivity index (χ1v) is 9.48. The van der Waals surface area contributed by atoms with E-state index in [1.54, 1.807) is 0 Å². The Labute approximate surface area is 133 Å². The van der Waals surface area contributed by atoms with Crippen molar-refractivity contribution in [3.05, 3.63) is 47.5 Å². The van der Waals surface area contributed by atoms with E-state index >= 15 is 0 Å². The molecule has 1 heterocycles. The molecule has 0 aliphatic carbocycles. The van der Waals surface area contributed by atoms with Crippen LogP contribution in [0, 0.1) is 0 Å². The van der Waals surface area contributed by atoms with Gasteiger partial charge in [0, 0.05) is 18.8 Å². The minimum absolute atomic E-state index is 0.253. The van der Waals surface area contributed by atoms with Gasteiger partial charge in [-0.3, -0.25) is 4.90 Å². The normalized spacial score (nSPS) is 16.5. The molecule has 4 nitrogen and oxygen atoms in total. The summed E-state index contributed by atoms with van der Waals surface area (Å²) in [5.74, 6) is -0.253. The molecular formula is C17H24NO3S-. The zero-order chi connectivity index (χ0) is 15.8. The summed E-state index contributed by atoms with van der Waals surface area (Å²) in [5, 5.41) is 0. The minimum atomic E-state index is -4.07. The molecule has 122 valence electrons. The van der Waals surface area contributed by atoms with Gasteiger partial charge in [-0.1, -0.05) is 42.0 Å². The van der Waals surface area contributed by atoms with Crippen LogP contribution in [0.4, 0.5) is 0 Å². The van der Waals surface area contributed by atoms with Crippen molar-refractivity contribution in [3.8, 4) is 0 Å². The summed E-state index contributed by atoms with van der Waals surface area (Å²) in [4.78, 5) is 2.21. The lowest BCUT2D eigenvalue weighted by Crippen LogP contribution is -2.30. The predicted octanol–water partition coefficient (Wildman–Crippen LogP) is 2.58. The van der Waals surface area contributed by atoms with E-state index in [1.165, 1.54) is 17.6 Å². The Hall–Kier alpha value is -1.17. The second-order valence-electron chi connectivity index (χ2n) is 5.87. The van der Waals surface area contributed by atoms with Crippen LogP contribution in [-0.4, -0.2) is 43.3 Å². The first kappa shape index (κ1) is 17.2. The van der Waals surface area contributed by atoms with E-state index in [9.17, 15) is 13.0 Å². The van der Waals surface area contributed by atoms with E-state index in [1.807, 2.05) is 6.07 Å². The lowest BCUT2D eigenvalue weighted by molar-refractivity contribution is 0.291. The predicted molar refractivity (Wildman–Crippen MR) is 87.7 cm³/mol. The van der Waals surface area contributed by atoms with Gasteiger partial charge < -0.3 is 4.55 Å². The molecule has 0 saturated carbocycles. The highest BCUT2D eigenvalue weighted by Crippen LogP contribution is 2.17. The summed E-state index contributed by atoms with van der Waals surface area (Å²) in [7, 11) is -4.07. The van der Waals surface area contributed by atoms with Crippen LogP contribution < -0.4 is 0 Å². The summed E-state index contributed by atoms with van der Waals surface area (Å²) in [5.41, 5.74) is 2.89. The van der Waals surface area contributed by atoms with E-state index in [2.05, 4.69) is 35.2 Å². The molecule has 0 N–H and O–H groups in total. The number of benzene rings is 1. The van der Waals surface area contributed by atoms with E-state index < -0.39 is 10.1 Å². The van der Waals surface area contributed by atoms with Crippen LogP contribution in [0.15, 0.2) is 42.0 Å². The van der Waals surface area contributed by atoms with Crippen molar-refractivity contribution in [1.82, 2.24) is 4.90 Å². The maximum Gasteiger partial charge on any atom is 0.0946 e. The topological polar surface area (TPSA) is 60.4 Å². The molecule has 0 saturated heterocycles. The van der Waals surface area contributed by atoms with Gasteiger partial charge in [0.1, 0.15) is 0 Å². The number of aryl methyl sites for hydroxylation is 1. The Balaban J connectivity index is 1.64. The van der Waals surface area contributed by atoms with Crippen LogP contribution in [0.2, 0.25) is 0 Å². The lowest BCUT2D eigenvalue weighted by atomic mass is 9.99. The molecular weight excluding hydrogens is 298 g/mol. The molecule has 5 heteroatoms. The van der Waals surface area contributed by atoms with Crippen LogP contribution in [0.3, 0.4) is 0 Å². The van der Waals surface area contributed by atoms with Crippen LogP contribution >= 0.6 is 0 Å². The average Bonchev–Trinajstić information content (AvgIpc) is 2.49. The molecule has 1 aromatic carbocycles. The second kappa shape index (κ2) is 8.46. The molecule has 1 aromatic rings. The summed E-state index contributed by atoms with van der Waals surface area (Å²) in [6.45, 7) is 2.53. The first-order valence-electron chi connectivity index (χ1n) is 7.91. The SMILES string of the molecule is O=S(=O)([O-])CCCN1CC=C(CCCc2ccccc2)CC1. The van der Waals surface area contributed by atoms with Crippen LogP contribution in [0.25, 0.3) is 0 Å². The molecule has 0 unspecified atom stereocenters. The maximum absolute atomic E-state index is 10.6. The van der Waals surface area contributed by atoms with Crippen molar-refractivity contribution in [2.75, 3.05) is 25.4 Å². The summed E-state index contributed by atoms with van der Waals surface area (Å²) >= 11 is 0. The first-order chi connectivity index (χ1) is 10.5. The molecule has 0 spiro atoms. The molecule has 0 aromatic heterocycles. The van der Waals surface area contributed by atoms with E-state index in [-0.39, 0.29) is 5.75 Å². The highest BCUT2D eigenvalue weighted by Gasteiger charge is 2.11. The van der Waals surface area contributed by atoms with Crippen molar-refractivity contribution in [3.63, 3.8) is 0 Å². The largest absolute Gasteiger partial charge is 0.748 e. The van der Waals surface area contributed by atoms with Gasteiger partial charge >= 0.3 is 0 Å². The fourth-order valence-corrected chi connectivity index (χ4v) is 3.30. The number of hydrogen-bond donors (Lipinski definition) is 0. The van der Waals surface area contributed by atoms with E-state index in [0.717, 1.165) is 32.4 Å². The average molecular weight is 322 g/mol. The van der Waals surface area contributed by atoms with E-state index in [4.69, 9.17) is 0 Å². The molecule has 0 atom stereocenters. The van der Waals surface area contributed by atoms with Crippen LogP contribution in [0.5, 0.6) is 0 Å². The monoisotopic (exact) mass is 322 g/mol. The zero-order valence-corrected chi connectivity index (χ0v) is 13.7. The highest BCUT2D eigenvalue weighted by molar-refractivity contribution is 7.85. The summed E-state index contributed by atoms with van der Waals surface area (Å²) in [6.07, 6.45) is 7.17. The quantitative estimate of drug-likeness (QED) is 0.545. The Morgan fingerprint density at radius 1 is 1.09 bits per heavy atom. The Morgan fingerprint density at radius 3 is 2.50 bits per heavy atom. The van der Waals surface area contributed by atoms with Gasteiger partial charge in [-0.2, -0.15) is 0 Å². The molecule has 0 bridgehead atoms. The Morgan fingerprint density at radius 2 is 1.86 bits per heavy atom. The summed E-state index contributed by atoms with van der Waals surface area (Å²) in [6, 6.07) is 10.5. The maximum atomic E-state index is 10.6. The van der Waals surface area contributed by atoms with Crippen LogP contribution in [0.1, 0.15) is 31.2 Å². The van der Waals surface area contributed by atoms with Crippen molar-refractivity contribution in [2.24, 2.45) is 0 Å². The van der Waals surface area contributed by atoms with Gasteiger partial charge in [-0.05, 0) is 44.2 Å². The highest BCUT2D eigenvalue weighted by atomic mass is 32.2. The van der Waals surface area contributed by atoms with Crippen molar-refractivity contribution < 1.29 is 13.0 Å². The van der Waals surface area contributed by atoms with Gasteiger partial charge in [0.2, 0.25) is 0 Å². The van der Waals surface area contributed by atoms with Gasteiger partial charge in [-0.25, -0.2) is 8.42 Å². The number of nitrogens with zero attached hydrogens (tertiary/aromatic N) is 1. The molecule has 1 aliphatic rings. The number of hydrogen-bond acceptors (Lipinski definition) is 4. The van der Waals surface area contributed by atoms with Crippen molar-refractivity contribution in [1.29, 1.82) is 0 Å². The van der Waals surface area contributed by atoms with Crippen molar-refractivity contribution >= 4 is 10.1 Å². The second-order valence-corrected chi connectivity index (χ2v) is 7.39. The third kappa shape index (κ3) is 6.73. The van der Waals surface area contributed by atoms with Crippen molar-refractivity contribution in [2.45, 2.75) is 32.1 Å².